The lowest BCUT2D eigenvalue weighted by Crippen LogP contribution is -2.29. The van der Waals surface area contributed by atoms with Gasteiger partial charge in [-0.3, -0.25) is 0 Å². The van der Waals surface area contributed by atoms with Crippen LogP contribution in [0.25, 0.3) is 0 Å². The number of hydrogen-bond donors (Lipinski definition) is 1. The predicted octanol–water partition coefficient (Wildman–Crippen LogP) is 2.18. The fraction of sp³-hybridized carbons (Fsp3) is 0.467. The molecule has 0 fully saturated rings. The second-order valence-electron chi connectivity index (χ2n) is 5.60. The predicted molar refractivity (Wildman–Crippen MR) is 87.9 cm³/mol. The van der Waals surface area contributed by atoms with Crippen molar-refractivity contribution in [2.75, 3.05) is 19.0 Å². The molecule has 0 aliphatic rings. The fourth-order valence-electron chi connectivity index (χ4n) is 2.27. The lowest BCUT2D eigenvalue weighted by molar-refractivity contribution is 0.380. The number of benzene rings is 1. The quantitative estimate of drug-likeness (QED) is 0.868. The summed E-state index contributed by atoms with van der Waals surface area (Å²) in [5.74, 6) is 0.747. The monoisotopic (exact) mass is 338 g/mol. The molecule has 1 aromatic carbocycles. The number of nitrogens with zero attached hydrogens (tertiary/aromatic N) is 3. The summed E-state index contributed by atoms with van der Waals surface area (Å²) in [6.45, 7) is 5.47. The molecule has 0 unspecified atom stereocenters. The molecule has 7 nitrogen and oxygen atoms in total. The van der Waals surface area contributed by atoms with Crippen molar-refractivity contribution < 1.29 is 12.9 Å². The first-order valence-corrected chi connectivity index (χ1v) is 8.83. The van der Waals surface area contributed by atoms with Gasteiger partial charge in [0.25, 0.3) is 0 Å². The lowest BCUT2D eigenvalue weighted by atomic mass is 10.2. The van der Waals surface area contributed by atoms with Crippen LogP contribution in [-0.4, -0.2) is 32.7 Å². The number of nitrogens with one attached hydrogen (secondary N) is 1. The molecule has 1 heterocycles. The van der Waals surface area contributed by atoms with Crippen LogP contribution in [0.3, 0.4) is 0 Å². The van der Waals surface area contributed by atoms with Gasteiger partial charge in [0.2, 0.25) is 15.9 Å². The molecular weight excluding hydrogens is 316 g/mol. The van der Waals surface area contributed by atoms with Gasteiger partial charge in [0.15, 0.2) is 5.82 Å². The molecule has 1 atom stereocenters. The van der Waals surface area contributed by atoms with E-state index in [0.717, 1.165) is 11.3 Å². The van der Waals surface area contributed by atoms with Crippen LogP contribution in [-0.2, 0) is 10.0 Å². The van der Waals surface area contributed by atoms with E-state index >= 15 is 0 Å². The van der Waals surface area contributed by atoms with E-state index in [0.29, 0.717) is 18.1 Å². The van der Waals surface area contributed by atoms with Crippen LogP contribution in [0.15, 0.2) is 27.6 Å². The van der Waals surface area contributed by atoms with E-state index in [1.807, 2.05) is 32.8 Å². The molecule has 0 bridgehead atoms. The van der Waals surface area contributed by atoms with E-state index in [-0.39, 0.29) is 4.90 Å². The van der Waals surface area contributed by atoms with E-state index in [1.165, 1.54) is 0 Å². The number of aryl methyl sites for hydroxylation is 2. The summed E-state index contributed by atoms with van der Waals surface area (Å²) in [4.78, 5) is 6.20. The first-order chi connectivity index (χ1) is 10.7. The van der Waals surface area contributed by atoms with E-state index in [9.17, 15) is 8.42 Å². The molecule has 23 heavy (non-hydrogen) atoms. The maximum absolute atomic E-state index is 12.7. The summed E-state index contributed by atoms with van der Waals surface area (Å²) < 4.78 is 32.9. The molecule has 0 amide bonds. The molecule has 0 spiro atoms. The number of sulfonamides is 1. The Bertz CT molecular complexity index is 784. The Morgan fingerprint density at radius 3 is 2.52 bits per heavy atom. The molecule has 0 radical (unpaired) electrons. The third-order valence-electron chi connectivity index (χ3n) is 3.53. The molecule has 0 aliphatic heterocycles. The Morgan fingerprint density at radius 1 is 1.30 bits per heavy atom. The third kappa shape index (κ3) is 3.89. The van der Waals surface area contributed by atoms with Gasteiger partial charge >= 0.3 is 0 Å². The maximum Gasteiger partial charge on any atom is 0.241 e. The Morgan fingerprint density at radius 2 is 2.00 bits per heavy atom. The molecular formula is C15H22N4O3S. The highest BCUT2D eigenvalue weighted by Crippen LogP contribution is 2.24. The van der Waals surface area contributed by atoms with E-state index in [1.54, 1.807) is 25.1 Å². The summed E-state index contributed by atoms with van der Waals surface area (Å²) in [5, 5.41) is 3.80. The van der Waals surface area contributed by atoms with Crippen LogP contribution in [0.5, 0.6) is 0 Å². The standard InChI is InChI=1S/C15H22N4O3S/c1-6-13(15-16-11(3)22-17-15)18-23(20,21)12-8-7-10(2)14(9-12)19(4)5/h7-9,13,18H,6H2,1-5H3/t13-/m0/s1. The molecule has 1 aromatic heterocycles. The van der Waals surface area contributed by atoms with Gasteiger partial charge in [0, 0.05) is 26.7 Å². The molecule has 0 saturated carbocycles. The first-order valence-electron chi connectivity index (χ1n) is 7.35. The molecule has 1 N–H and O–H groups in total. The second kappa shape index (κ2) is 6.67. The van der Waals surface area contributed by atoms with Crippen molar-refractivity contribution in [1.82, 2.24) is 14.9 Å². The highest BCUT2D eigenvalue weighted by atomic mass is 32.2. The topological polar surface area (TPSA) is 88.3 Å². The highest BCUT2D eigenvalue weighted by Gasteiger charge is 2.24. The van der Waals surface area contributed by atoms with E-state index < -0.39 is 16.1 Å². The van der Waals surface area contributed by atoms with Gasteiger partial charge in [0.1, 0.15) is 0 Å². The number of rotatable bonds is 6. The van der Waals surface area contributed by atoms with Crippen LogP contribution in [0.4, 0.5) is 5.69 Å². The van der Waals surface area contributed by atoms with Gasteiger partial charge in [-0.2, -0.15) is 4.98 Å². The largest absolute Gasteiger partial charge is 0.377 e. The van der Waals surface area contributed by atoms with Gasteiger partial charge in [-0.05, 0) is 31.0 Å². The highest BCUT2D eigenvalue weighted by molar-refractivity contribution is 7.89. The maximum atomic E-state index is 12.7. The Hall–Kier alpha value is -1.93. The van der Waals surface area contributed by atoms with Crippen molar-refractivity contribution in [3.05, 3.63) is 35.5 Å². The molecule has 126 valence electrons. The summed E-state index contributed by atoms with van der Waals surface area (Å²) in [6, 6.07) is 4.52. The van der Waals surface area contributed by atoms with Crippen molar-refractivity contribution in [2.45, 2.75) is 38.1 Å². The van der Waals surface area contributed by atoms with E-state index in [4.69, 9.17) is 4.52 Å². The summed E-state index contributed by atoms with van der Waals surface area (Å²) in [6.07, 6.45) is 0.518. The minimum Gasteiger partial charge on any atom is -0.377 e. The van der Waals surface area contributed by atoms with Crippen molar-refractivity contribution in [3.8, 4) is 0 Å². The van der Waals surface area contributed by atoms with Crippen molar-refractivity contribution in [2.24, 2.45) is 0 Å². The molecule has 2 aromatic rings. The molecule has 0 saturated heterocycles. The summed E-state index contributed by atoms with van der Waals surface area (Å²) >= 11 is 0. The molecule has 8 heteroatoms. The summed E-state index contributed by atoms with van der Waals surface area (Å²) in [7, 11) is 0.0745. The Kier molecular flexibility index (Phi) is 5.06. The minimum atomic E-state index is -3.68. The normalized spacial score (nSPS) is 13.1. The van der Waals surface area contributed by atoms with Crippen LogP contribution in [0.2, 0.25) is 0 Å². The van der Waals surface area contributed by atoms with E-state index in [2.05, 4.69) is 14.9 Å². The average molecular weight is 338 g/mol. The zero-order valence-electron chi connectivity index (χ0n) is 14.0. The smallest absolute Gasteiger partial charge is 0.241 e. The second-order valence-corrected chi connectivity index (χ2v) is 7.31. The first kappa shape index (κ1) is 17.4. The summed E-state index contributed by atoms with van der Waals surface area (Å²) in [5.41, 5.74) is 1.87. The molecule has 0 aliphatic carbocycles. The van der Waals surface area contributed by atoms with Crippen LogP contribution >= 0.6 is 0 Å². The zero-order valence-corrected chi connectivity index (χ0v) is 14.8. The number of aromatic nitrogens is 2. The van der Waals surface area contributed by atoms with Crippen LogP contribution in [0, 0.1) is 13.8 Å². The van der Waals surface area contributed by atoms with Gasteiger partial charge in [-0.15, -0.1) is 0 Å². The van der Waals surface area contributed by atoms with Crippen LogP contribution in [0.1, 0.15) is 36.7 Å². The van der Waals surface area contributed by atoms with Crippen molar-refractivity contribution in [3.63, 3.8) is 0 Å². The van der Waals surface area contributed by atoms with Gasteiger partial charge < -0.3 is 9.42 Å². The Balaban J connectivity index is 2.32. The van der Waals surface area contributed by atoms with Gasteiger partial charge in [-0.1, -0.05) is 18.1 Å². The third-order valence-corrected chi connectivity index (χ3v) is 5.00. The minimum absolute atomic E-state index is 0.213. The number of anilines is 1. The SMILES string of the molecule is CC[C@H](NS(=O)(=O)c1ccc(C)c(N(C)C)c1)c1noc(C)n1. The molecule has 2 rings (SSSR count). The van der Waals surface area contributed by atoms with Crippen molar-refractivity contribution in [1.29, 1.82) is 0 Å². The lowest BCUT2D eigenvalue weighted by Gasteiger charge is -2.18. The van der Waals surface area contributed by atoms with Gasteiger partial charge in [-0.25, -0.2) is 13.1 Å². The zero-order chi connectivity index (χ0) is 17.2. The van der Waals surface area contributed by atoms with Crippen LogP contribution < -0.4 is 9.62 Å². The fourth-order valence-corrected chi connectivity index (χ4v) is 3.57. The van der Waals surface area contributed by atoms with Gasteiger partial charge in [0.05, 0.1) is 10.9 Å². The number of hydrogen-bond acceptors (Lipinski definition) is 6. The van der Waals surface area contributed by atoms with Crippen molar-refractivity contribution >= 4 is 15.7 Å². The Labute approximate surface area is 136 Å². The average Bonchev–Trinajstić information content (AvgIpc) is 2.91.